The topological polar surface area (TPSA) is 29.5 Å². The second kappa shape index (κ2) is 7.79. The summed E-state index contributed by atoms with van der Waals surface area (Å²) in [7, 11) is 0. The fourth-order valence-electron chi connectivity index (χ4n) is 5.44. The van der Waals surface area contributed by atoms with Crippen LogP contribution in [0.25, 0.3) is 6.08 Å². The first-order chi connectivity index (χ1) is 14.1. The van der Waals surface area contributed by atoms with Crippen LogP contribution in [0.5, 0.6) is 0 Å². The van der Waals surface area contributed by atoms with Gasteiger partial charge in [-0.15, -0.1) is 0 Å². The molecule has 4 saturated heterocycles. The van der Waals surface area contributed by atoms with Crippen LogP contribution in [0.4, 0.5) is 0 Å². The summed E-state index contributed by atoms with van der Waals surface area (Å²) in [4.78, 5) is 15.1. The molecule has 2 aromatic carbocycles. The van der Waals surface area contributed by atoms with Gasteiger partial charge in [0.05, 0.1) is 22.2 Å². The predicted octanol–water partition coefficient (Wildman–Crippen LogP) is 5.72. The van der Waals surface area contributed by atoms with E-state index in [2.05, 4.69) is 11.0 Å². The van der Waals surface area contributed by atoms with E-state index in [1.165, 1.54) is 18.4 Å². The second-order valence-corrected chi connectivity index (χ2v) is 9.15. The zero-order valence-corrected chi connectivity index (χ0v) is 17.6. The SMILES string of the molecule is O=C(OC[C@H]1[C@@H]2C[C@@H]3CC[C@H]1N3C/C2=C\c1ccc(Cl)c(Cl)c1)c1ccccc1. The number of nitrogens with zero attached hydrogens (tertiary/aromatic N) is 1. The Morgan fingerprint density at radius 1 is 1.10 bits per heavy atom. The van der Waals surface area contributed by atoms with E-state index < -0.39 is 0 Å². The Balaban J connectivity index is 1.36. The summed E-state index contributed by atoms with van der Waals surface area (Å²) in [6.45, 7) is 1.48. The van der Waals surface area contributed by atoms with E-state index in [9.17, 15) is 4.79 Å². The molecule has 2 aromatic rings. The number of ether oxygens (including phenoxy) is 1. The summed E-state index contributed by atoms with van der Waals surface area (Å²) in [6, 6.07) is 16.2. The van der Waals surface area contributed by atoms with E-state index in [4.69, 9.17) is 27.9 Å². The first-order valence-electron chi connectivity index (χ1n) is 10.2. The number of hydrogen-bond acceptors (Lipinski definition) is 3. The van der Waals surface area contributed by atoms with Crippen LogP contribution in [-0.2, 0) is 4.74 Å². The van der Waals surface area contributed by atoms with E-state index in [-0.39, 0.29) is 5.97 Å². The summed E-state index contributed by atoms with van der Waals surface area (Å²) in [5.74, 6) is 0.575. The third-order valence-corrected chi connectivity index (χ3v) is 7.52. The summed E-state index contributed by atoms with van der Waals surface area (Å²) >= 11 is 12.3. The molecule has 3 nitrogen and oxygen atoms in total. The zero-order valence-electron chi connectivity index (χ0n) is 16.1. The maximum absolute atomic E-state index is 12.5. The van der Waals surface area contributed by atoms with Crippen molar-refractivity contribution in [2.75, 3.05) is 13.2 Å². The Morgan fingerprint density at radius 2 is 1.93 bits per heavy atom. The van der Waals surface area contributed by atoms with Crippen molar-refractivity contribution in [1.29, 1.82) is 0 Å². The highest BCUT2D eigenvalue weighted by molar-refractivity contribution is 6.42. The minimum atomic E-state index is -0.230. The van der Waals surface area contributed by atoms with Crippen LogP contribution in [0.1, 0.15) is 35.2 Å². The molecule has 0 saturated carbocycles. The van der Waals surface area contributed by atoms with Crippen molar-refractivity contribution in [3.63, 3.8) is 0 Å². The quantitative estimate of drug-likeness (QED) is 0.584. The largest absolute Gasteiger partial charge is 0.462 e. The number of carbonyl (C=O) groups is 1. The van der Waals surface area contributed by atoms with Crippen molar-refractivity contribution in [2.45, 2.75) is 31.3 Å². The first kappa shape index (κ1) is 19.2. The van der Waals surface area contributed by atoms with E-state index in [0.29, 0.717) is 46.1 Å². The van der Waals surface area contributed by atoms with Gasteiger partial charge in [0.15, 0.2) is 0 Å². The van der Waals surface area contributed by atoms with E-state index in [0.717, 1.165) is 18.5 Å². The van der Waals surface area contributed by atoms with Crippen molar-refractivity contribution in [3.05, 3.63) is 75.3 Å². The van der Waals surface area contributed by atoms with Gasteiger partial charge in [-0.1, -0.05) is 59.1 Å². The van der Waals surface area contributed by atoms with Crippen molar-refractivity contribution in [2.24, 2.45) is 11.8 Å². The number of esters is 1. The molecule has 5 heteroatoms. The Morgan fingerprint density at radius 3 is 2.72 bits per heavy atom. The molecule has 5 atom stereocenters. The standard InChI is InChI=1S/C24H23Cl2NO2/c25-21-8-6-15(11-22(21)26)10-17-13-27-18-7-9-23(27)20(19(17)12-18)14-29-24(28)16-4-2-1-3-5-16/h1-6,8,10-11,18-20,23H,7,9,12-14H2/b17-10+/t18-,19+,20-,23+/m0/s1. The van der Waals surface area contributed by atoms with Crippen molar-refractivity contribution in [1.82, 2.24) is 4.90 Å². The lowest BCUT2D eigenvalue weighted by Gasteiger charge is -2.51. The van der Waals surface area contributed by atoms with Gasteiger partial charge in [0.2, 0.25) is 0 Å². The molecule has 4 fully saturated rings. The molecule has 6 rings (SSSR count). The molecular weight excluding hydrogens is 405 g/mol. The smallest absolute Gasteiger partial charge is 0.338 e. The van der Waals surface area contributed by atoms with Gasteiger partial charge in [0.25, 0.3) is 0 Å². The van der Waals surface area contributed by atoms with Gasteiger partial charge in [0.1, 0.15) is 0 Å². The number of benzene rings is 2. The third kappa shape index (κ3) is 3.61. The van der Waals surface area contributed by atoms with Gasteiger partial charge in [-0.3, -0.25) is 4.90 Å². The molecular formula is C24H23Cl2NO2. The molecule has 0 N–H and O–H groups in total. The van der Waals surface area contributed by atoms with Crippen LogP contribution in [0, 0.1) is 11.8 Å². The Bertz CT molecular complexity index is 959. The molecule has 0 aromatic heterocycles. The number of carbonyl (C=O) groups excluding carboxylic acids is 1. The Hall–Kier alpha value is -1.81. The maximum Gasteiger partial charge on any atom is 0.338 e. The lowest BCUT2D eigenvalue weighted by molar-refractivity contribution is -0.0150. The summed E-state index contributed by atoms with van der Waals surface area (Å²) in [6.07, 6.45) is 5.86. The molecule has 150 valence electrons. The van der Waals surface area contributed by atoms with Gasteiger partial charge >= 0.3 is 5.97 Å². The van der Waals surface area contributed by atoms with Crippen molar-refractivity contribution in [3.8, 4) is 0 Å². The van der Waals surface area contributed by atoms with Crippen LogP contribution in [0.15, 0.2) is 54.1 Å². The molecule has 0 amide bonds. The Labute approximate surface area is 181 Å². The van der Waals surface area contributed by atoms with Gasteiger partial charge in [-0.25, -0.2) is 4.79 Å². The van der Waals surface area contributed by atoms with Crippen molar-refractivity contribution < 1.29 is 9.53 Å². The molecule has 4 aliphatic rings. The molecule has 4 aliphatic heterocycles. The molecule has 0 aliphatic carbocycles. The van der Waals surface area contributed by atoms with Gasteiger partial charge in [-0.05, 0) is 55.0 Å². The second-order valence-electron chi connectivity index (χ2n) is 8.33. The molecule has 0 spiro atoms. The average molecular weight is 428 g/mol. The number of rotatable bonds is 4. The molecule has 4 heterocycles. The predicted molar refractivity (Wildman–Crippen MR) is 116 cm³/mol. The number of fused-ring (bicyclic) bond motifs is 1. The van der Waals surface area contributed by atoms with Gasteiger partial charge in [0, 0.05) is 24.5 Å². The van der Waals surface area contributed by atoms with E-state index in [1.807, 2.05) is 36.4 Å². The van der Waals surface area contributed by atoms with Gasteiger partial charge in [-0.2, -0.15) is 0 Å². The lowest BCUT2D eigenvalue weighted by Crippen LogP contribution is -2.57. The van der Waals surface area contributed by atoms with Crippen LogP contribution in [0.2, 0.25) is 10.0 Å². The molecule has 4 bridgehead atoms. The highest BCUT2D eigenvalue weighted by Crippen LogP contribution is 2.50. The normalized spacial score (nSPS) is 31.2. The monoisotopic (exact) mass is 427 g/mol. The van der Waals surface area contributed by atoms with Gasteiger partial charge < -0.3 is 4.74 Å². The van der Waals surface area contributed by atoms with Crippen molar-refractivity contribution >= 4 is 35.2 Å². The van der Waals surface area contributed by atoms with Crippen LogP contribution in [0.3, 0.4) is 0 Å². The number of piperidine rings is 3. The van der Waals surface area contributed by atoms with E-state index in [1.54, 1.807) is 12.1 Å². The van der Waals surface area contributed by atoms with E-state index >= 15 is 0 Å². The number of halogens is 2. The maximum atomic E-state index is 12.5. The highest BCUT2D eigenvalue weighted by Gasteiger charge is 2.52. The minimum absolute atomic E-state index is 0.230. The molecule has 0 radical (unpaired) electrons. The molecule has 29 heavy (non-hydrogen) atoms. The molecule has 1 unspecified atom stereocenters. The fraction of sp³-hybridized carbons (Fsp3) is 0.375. The summed E-state index contributed by atoms with van der Waals surface area (Å²) < 4.78 is 5.77. The van der Waals surface area contributed by atoms with Crippen LogP contribution < -0.4 is 0 Å². The summed E-state index contributed by atoms with van der Waals surface area (Å²) in [5, 5.41) is 1.15. The average Bonchev–Trinajstić information content (AvgIpc) is 3.06. The zero-order chi connectivity index (χ0) is 20.0. The fourth-order valence-corrected chi connectivity index (χ4v) is 5.75. The highest BCUT2D eigenvalue weighted by atomic mass is 35.5. The summed E-state index contributed by atoms with van der Waals surface area (Å²) in [5.41, 5.74) is 3.11. The lowest BCUT2D eigenvalue weighted by atomic mass is 9.71. The third-order valence-electron chi connectivity index (χ3n) is 6.78. The first-order valence-corrected chi connectivity index (χ1v) is 11.0. The number of hydrogen-bond donors (Lipinski definition) is 0. The van der Waals surface area contributed by atoms with Crippen LogP contribution >= 0.6 is 23.2 Å². The van der Waals surface area contributed by atoms with Crippen LogP contribution in [-0.4, -0.2) is 36.1 Å². The Kier molecular flexibility index (Phi) is 5.15. The minimum Gasteiger partial charge on any atom is -0.462 e.